The van der Waals surface area contributed by atoms with E-state index in [-0.39, 0.29) is 11.3 Å². The normalized spacial score (nSPS) is 12.6. The number of hydrogen-bond donors (Lipinski definition) is 1. The summed E-state index contributed by atoms with van der Waals surface area (Å²) in [6.07, 6.45) is 1.15. The van der Waals surface area contributed by atoms with Crippen molar-refractivity contribution in [1.29, 1.82) is 0 Å². The van der Waals surface area contributed by atoms with Crippen LogP contribution in [0.3, 0.4) is 0 Å². The number of furan rings is 1. The summed E-state index contributed by atoms with van der Waals surface area (Å²) in [5, 5.41) is 2.90. The molecule has 0 saturated heterocycles. The van der Waals surface area contributed by atoms with Crippen molar-refractivity contribution in [3.63, 3.8) is 0 Å². The van der Waals surface area contributed by atoms with Crippen molar-refractivity contribution in [3.8, 4) is 5.75 Å². The van der Waals surface area contributed by atoms with Gasteiger partial charge in [-0.1, -0.05) is 32.9 Å². The van der Waals surface area contributed by atoms with Gasteiger partial charge in [0.15, 0.2) is 6.10 Å². The molecular formula is C20H27NO3S. The number of thioether (sulfide) groups is 1. The quantitative estimate of drug-likeness (QED) is 0.708. The lowest BCUT2D eigenvalue weighted by molar-refractivity contribution is -0.127. The van der Waals surface area contributed by atoms with E-state index in [1.165, 1.54) is 5.56 Å². The number of nitrogens with one attached hydrogen (secondary N) is 1. The van der Waals surface area contributed by atoms with E-state index in [1.54, 1.807) is 24.9 Å². The van der Waals surface area contributed by atoms with Gasteiger partial charge in [0, 0.05) is 12.3 Å². The molecule has 5 heteroatoms. The zero-order valence-electron chi connectivity index (χ0n) is 15.4. The van der Waals surface area contributed by atoms with E-state index in [2.05, 4.69) is 26.1 Å². The van der Waals surface area contributed by atoms with E-state index < -0.39 is 6.10 Å². The molecule has 1 aromatic heterocycles. The van der Waals surface area contributed by atoms with Gasteiger partial charge in [-0.25, -0.2) is 0 Å². The van der Waals surface area contributed by atoms with Crippen molar-refractivity contribution < 1.29 is 13.9 Å². The molecule has 4 nitrogen and oxygen atoms in total. The zero-order chi connectivity index (χ0) is 18.3. The van der Waals surface area contributed by atoms with Gasteiger partial charge < -0.3 is 14.5 Å². The molecule has 2 rings (SSSR count). The van der Waals surface area contributed by atoms with Crippen LogP contribution < -0.4 is 10.1 Å². The molecular weight excluding hydrogens is 334 g/mol. The van der Waals surface area contributed by atoms with E-state index >= 15 is 0 Å². The molecule has 0 radical (unpaired) electrons. The van der Waals surface area contributed by atoms with E-state index in [0.29, 0.717) is 12.3 Å². The minimum Gasteiger partial charge on any atom is -0.481 e. The lowest BCUT2D eigenvalue weighted by Gasteiger charge is -2.20. The maximum atomic E-state index is 12.1. The van der Waals surface area contributed by atoms with Gasteiger partial charge in [0.2, 0.25) is 0 Å². The lowest BCUT2D eigenvalue weighted by atomic mass is 9.87. The number of hydrogen-bond acceptors (Lipinski definition) is 4. The van der Waals surface area contributed by atoms with Crippen molar-refractivity contribution in [2.24, 2.45) is 0 Å². The van der Waals surface area contributed by atoms with Gasteiger partial charge in [0.1, 0.15) is 11.5 Å². The molecule has 1 unspecified atom stereocenters. The third-order valence-electron chi connectivity index (χ3n) is 3.77. The molecule has 1 amide bonds. The molecule has 0 bridgehead atoms. The van der Waals surface area contributed by atoms with Gasteiger partial charge in [-0.2, -0.15) is 11.8 Å². The molecule has 0 fully saturated rings. The summed E-state index contributed by atoms with van der Waals surface area (Å²) in [5.41, 5.74) is 1.35. The Hall–Kier alpha value is -1.88. The van der Waals surface area contributed by atoms with Gasteiger partial charge in [-0.3, -0.25) is 4.79 Å². The van der Waals surface area contributed by atoms with Crippen LogP contribution in [0.25, 0.3) is 0 Å². The molecule has 0 aliphatic carbocycles. The predicted octanol–water partition coefficient (Wildman–Crippen LogP) is 4.39. The van der Waals surface area contributed by atoms with Crippen LogP contribution in [0.2, 0.25) is 0 Å². The molecule has 136 valence electrons. The second-order valence-electron chi connectivity index (χ2n) is 6.96. The highest BCUT2D eigenvalue weighted by Crippen LogP contribution is 2.24. The first-order valence-corrected chi connectivity index (χ1v) is 9.67. The smallest absolute Gasteiger partial charge is 0.260 e. The fourth-order valence-electron chi connectivity index (χ4n) is 2.25. The molecule has 1 aromatic carbocycles. The maximum Gasteiger partial charge on any atom is 0.260 e. The summed E-state index contributed by atoms with van der Waals surface area (Å²) in [5.74, 6) is 3.21. The van der Waals surface area contributed by atoms with Crippen LogP contribution in [-0.2, 0) is 16.0 Å². The number of benzene rings is 1. The Balaban J connectivity index is 1.69. The van der Waals surface area contributed by atoms with Crippen LogP contribution in [0.4, 0.5) is 0 Å². The summed E-state index contributed by atoms with van der Waals surface area (Å²) >= 11 is 1.72. The Kier molecular flexibility index (Phi) is 7.00. The Morgan fingerprint density at radius 2 is 1.96 bits per heavy atom. The second-order valence-corrected chi connectivity index (χ2v) is 8.06. The molecule has 0 spiro atoms. The first-order valence-electron chi connectivity index (χ1n) is 8.51. The average molecular weight is 362 g/mol. The van der Waals surface area contributed by atoms with Crippen LogP contribution >= 0.6 is 11.8 Å². The van der Waals surface area contributed by atoms with Crippen LogP contribution in [0.15, 0.2) is 47.1 Å². The number of carbonyl (C=O) groups is 1. The second kappa shape index (κ2) is 8.99. The van der Waals surface area contributed by atoms with Crippen LogP contribution in [0, 0.1) is 0 Å². The Bertz CT molecular complexity index is 645. The van der Waals surface area contributed by atoms with E-state index in [0.717, 1.165) is 17.3 Å². The molecule has 1 heterocycles. The number of rotatable bonds is 8. The van der Waals surface area contributed by atoms with E-state index in [9.17, 15) is 4.79 Å². The Morgan fingerprint density at radius 1 is 1.24 bits per heavy atom. The van der Waals surface area contributed by atoms with Crippen molar-refractivity contribution in [2.75, 3.05) is 12.3 Å². The molecule has 0 aliphatic rings. The minimum atomic E-state index is -0.518. The standard InChI is InChI=1S/C20H27NO3S/c1-15(24-17-9-7-16(8-10-17)20(2,3)4)19(22)21-11-13-25-14-18-6-5-12-23-18/h5-10,12,15H,11,13-14H2,1-4H3,(H,21,22). The van der Waals surface area contributed by atoms with Gasteiger partial charge in [-0.05, 0) is 42.2 Å². The highest BCUT2D eigenvalue weighted by Gasteiger charge is 2.16. The molecule has 0 aliphatic heterocycles. The minimum absolute atomic E-state index is 0.0986. The molecule has 1 atom stereocenters. The van der Waals surface area contributed by atoms with Crippen LogP contribution in [0.1, 0.15) is 39.0 Å². The number of amides is 1. The SMILES string of the molecule is CC(Oc1ccc(C(C)(C)C)cc1)C(=O)NCCSCc1ccco1. The number of carbonyl (C=O) groups excluding carboxylic acids is 1. The maximum absolute atomic E-state index is 12.1. The zero-order valence-corrected chi connectivity index (χ0v) is 16.2. The van der Waals surface area contributed by atoms with Gasteiger partial charge in [0.25, 0.3) is 5.91 Å². The van der Waals surface area contributed by atoms with E-state index in [1.807, 2.05) is 36.4 Å². The average Bonchev–Trinajstić information content (AvgIpc) is 3.07. The Labute approximate surface area is 154 Å². The first kappa shape index (κ1) is 19.4. The summed E-state index contributed by atoms with van der Waals surface area (Å²) in [4.78, 5) is 12.1. The van der Waals surface area contributed by atoms with Crippen molar-refractivity contribution >= 4 is 17.7 Å². The molecule has 25 heavy (non-hydrogen) atoms. The van der Waals surface area contributed by atoms with Gasteiger partial charge in [0.05, 0.1) is 12.0 Å². The third kappa shape index (κ3) is 6.50. The predicted molar refractivity (Wildman–Crippen MR) is 103 cm³/mol. The van der Waals surface area contributed by atoms with Gasteiger partial charge in [-0.15, -0.1) is 0 Å². The number of ether oxygens (including phenoxy) is 1. The highest BCUT2D eigenvalue weighted by atomic mass is 32.2. The summed E-state index contributed by atoms with van der Waals surface area (Å²) in [6, 6.07) is 11.8. The van der Waals surface area contributed by atoms with Gasteiger partial charge >= 0.3 is 0 Å². The summed E-state index contributed by atoms with van der Waals surface area (Å²) < 4.78 is 11.0. The van der Waals surface area contributed by atoms with Crippen molar-refractivity contribution in [1.82, 2.24) is 5.32 Å². The monoisotopic (exact) mass is 361 g/mol. The van der Waals surface area contributed by atoms with Crippen molar-refractivity contribution in [2.45, 2.75) is 45.0 Å². The summed E-state index contributed by atoms with van der Waals surface area (Å²) in [6.45, 7) is 8.89. The van der Waals surface area contributed by atoms with Crippen LogP contribution in [-0.4, -0.2) is 24.3 Å². The van der Waals surface area contributed by atoms with Crippen LogP contribution in [0.5, 0.6) is 5.75 Å². The largest absolute Gasteiger partial charge is 0.481 e. The fraction of sp³-hybridized carbons (Fsp3) is 0.450. The van der Waals surface area contributed by atoms with E-state index in [4.69, 9.17) is 9.15 Å². The first-order chi connectivity index (χ1) is 11.9. The molecule has 1 N–H and O–H groups in total. The van der Waals surface area contributed by atoms with Crippen molar-refractivity contribution in [3.05, 3.63) is 54.0 Å². The topological polar surface area (TPSA) is 51.5 Å². The lowest BCUT2D eigenvalue weighted by Crippen LogP contribution is -2.37. The summed E-state index contributed by atoms with van der Waals surface area (Å²) in [7, 11) is 0. The molecule has 2 aromatic rings. The Morgan fingerprint density at radius 3 is 2.56 bits per heavy atom. The fourth-order valence-corrected chi connectivity index (χ4v) is 3.00. The highest BCUT2D eigenvalue weighted by molar-refractivity contribution is 7.98. The third-order valence-corrected chi connectivity index (χ3v) is 4.75. The molecule has 0 saturated carbocycles.